The topological polar surface area (TPSA) is 45.1 Å². The third-order valence-electron chi connectivity index (χ3n) is 2.93. The first-order valence-corrected chi connectivity index (χ1v) is 6.60. The quantitative estimate of drug-likeness (QED) is 0.907. The van der Waals surface area contributed by atoms with E-state index in [4.69, 9.17) is 0 Å². The molecule has 2 N–H and O–H groups in total. The number of rotatable bonds is 4. The number of hydrogen-bond donors (Lipinski definition) is 2. The fourth-order valence-corrected chi connectivity index (χ4v) is 2.08. The number of nitrogens with zero attached hydrogens (tertiary/aromatic N) is 1. The molecule has 100 valence electrons. The molecule has 0 amide bonds. The predicted molar refractivity (Wildman–Crippen MR) is 76.4 cm³/mol. The monoisotopic (exact) mass is 324 g/mol. The van der Waals surface area contributed by atoms with Gasteiger partial charge in [0.15, 0.2) is 11.6 Å². The number of aromatic nitrogens is 1. The molecule has 2 aromatic rings. The summed E-state index contributed by atoms with van der Waals surface area (Å²) in [6.07, 6.45) is 1.51. The third-order valence-corrected chi connectivity index (χ3v) is 3.36. The van der Waals surface area contributed by atoms with E-state index in [-0.39, 0.29) is 12.4 Å². The number of nitrogens with one attached hydrogen (secondary N) is 1. The van der Waals surface area contributed by atoms with Crippen molar-refractivity contribution in [2.75, 3.05) is 11.9 Å². The zero-order chi connectivity index (χ0) is 13.9. The maximum absolute atomic E-state index is 13.8. The standard InChI is InChI=1S/C14H14BrFN2O/c1-14(9-19,10-5-3-2-4-6-10)18-13-12(16)7-11(15)8-17-13/h2-8,19H,9H2,1H3,(H,17,18). The summed E-state index contributed by atoms with van der Waals surface area (Å²) in [6, 6.07) is 10.7. The summed E-state index contributed by atoms with van der Waals surface area (Å²) >= 11 is 3.16. The number of hydrogen-bond acceptors (Lipinski definition) is 3. The number of halogens is 2. The second kappa shape index (κ2) is 5.67. The Labute approximate surface area is 119 Å². The Morgan fingerprint density at radius 2 is 2.05 bits per heavy atom. The lowest BCUT2D eigenvalue weighted by Crippen LogP contribution is -2.36. The molecule has 0 aliphatic heterocycles. The second-order valence-corrected chi connectivity index (χ2v) is 5.38. The largest absolute Gasteiger partial charge is 0.394 e. The van der Waals surface area contributed by atoms with Crippen LogP contribution in [0.5, 0.6) is 0 Å². The van der Waals surface area contributed by atoms with Crippen molar-refractivity contribution in [2.24, 2.45) is 0 Å². The van der Waals surface area contributed by atoms with Gasteiger partial charge in [-0.05, 0) is 34.5 Å². The third kappa shape index (κ3) is 3.11. The average molecular weight is 325 g/mol. The summed E-state index contributed by atoms with van der Waals surface area (Å²) < 4.78 is 14.4. The number of aliphatic hydroxyl groups excluding tert-OH is 1. The van der Waals surface area contributed by atoms with Gasteiger partial charge in [-0.2, -0.15) is 0 Å². The fraction of sp³-hybridized carbons (Fsp3) is 0.214. The van der Waals surface area contributed by atoms with Gasteiger partial charge >= 0.3 is 0 Å². The first-order chi connectivity index (χ1) is 9.05. The van der Waals surface area contributed by atoms with Crippen LogP contribution in [0.4, 0.5) is 10.2 Å². The van der Waals surface area contributed by atoms with Crippen LogP contribution in [-0.2, 0) is 5.54 Å². The van der Waals surface area contributed by atoms with Gasteiger partial charge in [-0.1, -0.05) is 30.3 Å². The lowest BCUT2D eigenvalue weighted by Gasteiger charge is -2.30. The lowest BCUT2D eigenvalue weighted by molar-refractivity contribution is 0.223. The molecule has 1 unspecified atom stereocenters. The van der Waals surface area contributed by atoms with Gasteiger partial charge in [-0.3, -0.25) is 0 Å². The molecule has 0 aliphatic carbocycles. The van der Waals surface area contributed by atoms with Crippen molar-refractivity contribution in [3.63, 3.8) is 0 Å². The molecular weight excluding hydrogens is 311 g/mol. The van der Waals surface area contributed by atoms with Crippen molar-refractivity contribution >= 4 is 21.7 Å². The van der Waals surface area contributed by atoms with Crippen molar-refractivity contribution in [2.45, 2.75) is 12.5 Å². The van der Waals surface area contributed by atoms with Gasteiger partial charge < -0.3 is 10.4 Å². The van der Waals surface area contributed by atoms with E-state index in [9.17, 15) is 9.50 Å². The molecule has 0 saturated carbocycles. The molecule has 0 radical (unpaired) electrons. The van der Waals surface area contributed by atoms with E-state index in [1.807, 2.05) is 30.3 Å². The number of benzene rings is 1. The van der Waals surface area contributed by atoms with E-state index in [0.717, 1.165) is 5.56 Å². The average Bonchev–Trinajstić information content (AvgIpc) is 2.43. The predicted octanol–water partition coefficient (Wildman–Crippen LogP) is 3.30. The summed E-state index contributed by atoms with van der Waals surface area (Å²) in [4.78, 5) is 3.99. The molecule has 0 bridgehead atoms. The maximum Gasteiger partial charge on any atom is 0.166 e. The zero-order valence-corrected chi connectivity index (χ0v) is 12.0. The Kier molecular flexibility index (Phi) is 4.17. The molecule has 3 nitrogen and oxygen atoms in total. The van der Waals surface area contributed by atoms with Crippen molar-refractivity contribution in [3.05, 3.63) is 58.4 Å². The van der Waals surface area contributed by atoms with Crippen LogP contribution in [0, 0.1) is 5.82 Å². The Hall–Kier alpha value is -1.46. The van der Waals surface area contributed by atoms with Gasteiger partial charge in [0.2, 0.25) is 0 Å². The summed E-state index contributed by atoms with van der Waals surface area (Å²) in [7, 11) is 0. The molecule has 0 spiro atoms. The minimum atomic E-state index is -0.789. The molecule has 2 rings (SSSR count). The minimum absolute atomic E-state index is 0.114. The first kappa shape index (κ1) is 14.0. The van der Waals surface area contributed by atoms with Gasteiger partial charge in [0.05, 0.1) is 12.1 Å². The van der Waals surface area contributed by atoms with E-state index >= 15 is 0 Å². The summed E-state index contributed by atoms with van der Waals surface area (Å²) in [5.74, 6) is -0.353. The molecule has 0 aliphatic rings. The first-order valence-electron chi connectivity index (χ1n) is 5.81. The van der Waals surface area contributed by atoms with Crippen LogP contribution >= 0.6 is 15.9 Å². The molecule has 1 aromatic heterocycles. The lowest BCUT2D eigenvalue weighted by atomic mass is 9.93. The van der Waals surface area contributed by atoms with Gasteiger partial charge in [-0.25, -0.2) is 9.37 Å². The highest BCUT2D eigenvalue weighted by molar-refractivity contribution is 9.10. The van der Waals surface area contributed by atoms with Crippen LogP contribution in [0.15, 0.2) is 47.1 Å². The molecule has 1 atom stereocenters. The van der Waals surface area contributed by atoms with Gasteiger partial charge in [0, 0.05) is 10.7 Å². The van der Waals surface area contributed by atoms with Gasteiger partial charge in [0.25, 0.3) is 0 Å². The zero-order valence-electron chi connectivity index (χ0n) is 10.4. The van der Waals surface area contributed by atoms with E-state index < -0.39 is 11.4 Å². The van der Waals surface area contributed by atoms with E-state index in [1.165, 1.54) is 12.3 Å². The Balaban J connectivity index is 2.33. The van der Waals surface area contributed by atoms with Crippen LogP contribution in [-0.4, -0.2) is 16.7 Å². The van der Waals surface area contributed by atoms with Crippen molar-refractivity contribution < 1.29 is 9.50 Å². The van der Waals surface area contributed by atoms with E-state index in [2.05, 4.69) is 26.2 Å². The Morgan fingerprint density at radius 3 is 2.63 bits per heavy atom. The van der Waals surface area contributed by atoms with E-state index in [1.54, 1.807) is 6.92 Å². The number of anilines is 1. The normalized spacial score (nSPS) is 13.9. The van der Waals surface area contributed by atoms with Crippen LogP contribution in [0.2, 0.25) is 0 Å². The molecular formula is C14H14BrFN2O. The number of pyridine rings is 1. The molecule has 5 heteroatoms. The highest BCUT2D eigenvalue weighted by Crippen LogP contribution is 2.26. The van der Waals surface area contributed by atoms with Gasteiger partial charge in [-0.15, -0.1) is 0 Å². The van der Waals surface area contributed by atoms with Crippen LogP contribution in [0.3, 0.4) is 0 Å². The van der Waals surface area contributed by atoms with Crippen molar-refractivity contribution in [1.29, 1.82) is 0 Å². The van der Waals surface area contributed by atoms with E-state index in [0.29, 0.717) is 4.47 Å². The molecule has 0 fully saturated rings. The highest BCUT2D eigenvalue weighted by atomic mass is 79.9. The van der Waals surface area contributed by atoms with Gasteiger partial charge in [0.1, 0.15) is 0 Å². The molecule has 1 heterocycles. The maximum atomic E-state index is 13.8. The number of aliphatic hydroxyl groups is 1. The molecule has 0 saturated heterocycles. The SMILES string of the molecule is CC(CO)(Nc1ncc(Br)cc1F)c1ccccc1. The molecule has 1 aromatic carbocycles. The second-order valence-electron chi connectivity index (χ2n) is 4.47. The van der Waals surface area contributed by atoms with Crippen LogP contribution in [0.25, 0.3) is 0 Å². The molecule has 19 heavy (non-hydrogen) atoms. The Bertz CT molecular complexity index is 565. The van der Waals surface area contributed by atoms with Crippen molar-refractivity contribution in [3.8, 4) is 0 Å². The summed E-state index contributed by atoms with van der Waals surface area (Å²) in [5.41, 5.74) is 0.0738. The summed E-state index contributed by atoms with van der Waals surface area (Å²) in [5, 5.41) is 12.6. The smallest absolute Gasteiger partial charge is 0.166 e. The van der Waals surface area contributed by atoms with Crippen LogP contribution < -0.4 is 5.32 Å². The highest BCUT2D eigenvalue weighted by Gasteiger charge is 2.27. The summed E-state index contributed by atoms with van der Waals surface area (Å²) in [6.45, 7) is 1.62. The fourth-order valence-electron chi connectivity index (χ4n) is 1.78. The van der Waals surface area contributed by atoms with Crippen molar-refractivity contribution in [1.82, 2.24) is 4.98 Å². The van der Waals surface area contributed by atoms with Crippen LogP contribution in [0.1, 0.15) is 12.5 Å². The minimum Gasteiger partial charge on any atom is -0.394 e. The Morgan fingerprint density at radius 1 is 1.37 bits per heavy atom.